The predicted molar refractivity (Wildman–Crippen MR) is 91.4 cm³/mol. The highest BCUT2D eigenvalue weighted by atomic mass is 32.1. The lowest BCUT2D eigenvalue weighted by molar-refractivity contribution is -0.140. The predicted octanol–water partition coefficient (Wildman–Crippen LogP) is 2.87. The Balaban J connectivity index is 2.03. The highest BCUT2D eigenvalue weighted by Gasteiger charge is 2.24. The Bertz CT molecular complexity index is 727. The second kappa shape index (κ2) is 7.92. The van der Waals surface area contributed by atoms with Crippen molar-refractivity contribution in [3.8, 4) is 5.75 Å². The van der Waals surface area contributed by atoms with Gasteiger partial charge in [-0.3, -0.25) is 4.79 Å². The Morgan fingerprint density at radius 1 is 1.38 bits per heavy atom. The molecule has 1 amide bonds. The number of carbonyl (C=O) groups excluding carboxylic acids is 1. The van der Waals surface area contributed by atoms with E-state index in [0.717, 1.165) is 10.7 Å². The van der Waals surface area contributed by atoms with Crippen LogP contribution in [0.3, 0.4) is 0 Å². The molecule has 0 saturated heterocycles. The Hall–Kier alpha value is -2.41. The zero-order chi connectivity index (χ0) is 17.7. The second-order valence-corrected chi connectivity index (χ2v) is 6.77. The van der Waals surface area contributed by atoms with E-state index in [1.54, 1.807) is 49.4 Å². The third kappa shape index (κ3) is 4.79. The fraction of sp³-hybridized carbons (Fsp3) is 0.353. The fourth-order valence-electron chi connectivity index (χ4n) is 2.10. The van der Waals surface area contributed by atoms with Gasteiger partial charge in [-0.05, 0) is 31.0 Å². The van der Waals surface area contributed by atoms with Crippen LogP contribution in [0.15, 0.2) is 29.6 Å². The Morgan fingerprint density at radius 3 is 2.71 bits per heavy atom. The number of aliphatic carboxylic acids is 1. The van der Waals surface area contributed by atoms with Crippen LogP contribution < -0.4 is 10.1 Å². The molecule has 2 rings (SSSR count). The summed E-state index contributed by atoms with van der Waals surface area (Å²) in [6.45, 7) is 5.73. The van der Waals surface area contributed by atoms with E-state index >= 15 is 0 Å². The Morgan fingerprint density at radius 2 is 2.12 bits per heavy atom. The number of amides is 1. The van der Waals surface area contributed by atoms with Crippen LogP contribution in [-0.4, -0.2) is 28.0 Å². The van der Waals surface area contributed by atoms with Gasteiger partial charge in [0.2, 0.25) is 0 Å². The van der Waals surface area contributed by atoms with Crippen LogP contribution in [0, 0.1) is 12.8 Å². The third-order valence-corrected chi connectivity index (χ3v) is 4.19. The molecule has 0 aliphatic carbocycles. The van der Waals surface area contributed by atoms with Crippen molar-refractivity contribution in [3.63, 3.8) is 0 Å². The van der Waals surface area contributed by atoms with Crippen molar-refractivity contribution in [1.29, 1.82) is 0 Å². The van der Waals surface area contributed by atoms with E-state index in [4.69, 9.17) is 9.84 Å². The minimum atomic E-state index is -1.05. The molecule has 0 spiro atoms. The summed E-state index contributed by atoms with van der Waals surface area (Å²) in [5.41, 5.74) is 1.19. The monoisotopic (exact) mass is 348 g/mol. The SMILES string of the molecule is Cc1nc(COc2cccc(C(=O)NC(C(=O)O)C(C)C)c2)cs1. The molecule has 0 bridgehead atoms. The van der Waals surface area contributed by atoms with Crippen molar-refractivity contribution >= 4 is 23.2 Å². The highest BCUT2D eigenvalue weighted by Crippen LogP contribution is 2.17. The number of hydrogen-bond donors (Lipinski definition) is 2. The highest BCUT2D eigenvalue weighted by molar-refractivity contribution is 7.09. The van der Waals surface area contributed by atoms with Crippen molar-refractivity contribution in [1.82, 2.24) is 10.3 Å². The molecule has 128 valence electrons. The van der Waals surface area contributed by atoms with Gasteiger partial charge in [0.25, 0.3) is 5.91 Å². The van der Waals surface area contributed by atoms with Gasteiger partial charge in [-0.25, -0.2) is 9.78 Å². The van der Waals surface area contributed by atoms with E-state index in [-0.39, 0.29) is 5.92 Å². The summed E-state index contributed by atoms with van der Waals surface area (Å²) >= 11 is 1.55. The van der Waals surface area contributed by atoms with E-state index in [1.165, 1.54) is 0 Å². The van der Waals surface area contributed by atoms with E-state index in [1.807, 2.05) is 12.3 Å². The van der Waals surface area contributed by atoms with E-state index in [0.29, 0.717) is 17.9 Å². The number of rotatable bonds is 7. The molecule has 0 fully saturated rings. The molecule has 0 radical (unpaired) electrons. The molecule has 0 saturated carbocycles. The zero-order valence-electron chi connectivity index (χ0n) is 13.8. The summed E-state index contributed by atoms with van der Waals surface area (Å²) in [6.07, 6.45) is 0. The summed E-state index contributed by atoms with van der Waals surface area (Å²) in [6, 6.07) is 5.72. The van der Waals surface area contributed by atoms with E-state index in [9.17, 15) is 9.59 Å². The molecule has 1 atom stereocenters. The lowest BCUT2D eigenvalue weighted by Gasteiger charge is -2.18. The first-order valence-electron chi connectivity index (χ1n) is 7.54. The summed E-state index contributed by atoms with van der Waals surface area (Å²) in [7, 11) is 0. The quantitative estimate of drug-likeness (QED) is 0.803. The number of nitrogens with one attached hydrogen (secondary N) is 1. The largest absolute Gasteiger partial charge is 0.487 e. The topological polar surface area (TPSA) is 88.5 Å². The summed E-state index contributed by atoms with van der Waals surface area (Å²) in [4.78, 5) is 27.8. The van der Waals surface area contributed by atoms with Crippen LogP contribution in [0.4, 0.5) is 0 Å². The number of nitrogens with zero attached hydrogens (tertiary/aromatic N) is 1. The van der Waals surface area contributed by atoms with Gasteiger partial charge in [0.05, 0.1) is 10.7 Å². The average molecular weight is 348 g/mol. The number of aryl methyl sites for hydroxylation is 1. The number of ether oxygens (including phenoxy) is 1. The molecular formula is C17H20N2O4S. The van der Waals surface area contributed by atoms with Gasteiger partial charge in [-0.1, -0.05) is 19.9 Å². The Labute approximate surface area is 144 Å². The van der Waals surface area contributed by atoms with Gasteiger partial charge in [-0.2, -0.15) is 0 Å². The van der Waals surface area contributed by atoms with Crippen molar-refractivity contribution in [2.24, 2.45) is 5.92 Å². The lowest BCUT2D eigenvalue weighted by Crippen LogP contribution is -2.44. The molecule has 6 nitrogen and oxygen atoms in total. The molecule has 1 aromatic carbocycles. The van der Waals surface area contributed by atoms with Crippen LogP contribution in [-0.2, 0) is 11.4 Å². The van der Waals surface area contributed by atoms with Crippen LogP contribution >= 0.6 is 11.3 Å². The number of carbonyl (C=O) groups is 2. The number of carboxylic acid groups (broad SMARTS) is 1. The van der Waals surface area contributed by atoms with Gasteiger partial charge in [0.1, 0.15) is 18.4 Å². The number of aromatic nitrogens is 1. The first-order chi connectivity index (χ1) is 11.4. The number of benzene rings is 1. The molecule has 24 heavy (non-hydrogen) atoms. The second-order valence-electron chi connectivity index (χ2n) is 5.71. The Kier molecular flexibility index (Phi) is 5.92. The molecule has 0 aliphatic rings. The molecule has 1 unspecified atom stereocenters. The first-order valence-corrected chi connectivity index (χ1v) is 8.42. The van der Waals surface area contributed by atoms with Crippen LogP contribution in [0.1, 0.15) is 34.9 Å². The maximum absolute atomic E-state index is 12.3. The van der Waals surface area contributed by atoms with Crippen LogP contribution in [0.25, 0.3) is 0 Å². The van der Waals surface area contributed by atoms with E-state index < -0.39 is 17.9 Å². The minimum absolute atomic E-state index is 0.209. The average Bonchev–Trinajstić information content (AvgIpc) is 2.95. The maximum atomic E-state index is 12.3. The fourth-order valence-corrected chi connectivity index (χ4v) is 2.69. The van der Waals surface area contributed by atoms with Crippen molar-refractivity contribution in [2.75, 3.05) is 0 Å². The standard InChI is InChI=1S/C17H20N2O4S/c1-10(2)15(17(21)22)19-16(20)12-5-4-6-14(7-12)23-8-13-9-24-11(3)18-13/h4-7,9-10,15H,8H2,1-3H3,(H,19,20)(H,21,22). The van der Waals surface area contributed by atoms with Crippen molar-refractivity contribution < 1.29 is 19.4 Å². The van der Waals surface area contributed by atoms with Gasteiger partial charge in [-0.15, -0.1) is 11.3 Å². The van der Waals surface area contributed by atoms with Crippen LogP contribution in [0.2, 0.25) is 0 Å². The summed E-state index contributed by atoms with van der Waals surface area (Å²) in [5.74, 6) is -1.17. The van der Waals surface area contributed by atoms with Crippen molar-refractivity contribution in [3.05, 3.63) is 45.9 Å². The van der Waals surface area contributed by atoms with Gasteiger partial charge in [0, 0.05) is 10.9 Å². The number of hydrogen-bond acceptors (Lipinski definition) is 5. The molecule has 1 heterocycles. The molecular weight excluding hydrogens is 328 g/mol. The summed E-state index contributed by atoms with van der Waals surface area (Å²) < 4.78 is 5.64. The molecule has 7 heteroatoms. The molecule has 1 aromatic heterocycles. The smallest absolute Gasteiger partial charge is 0.326 e. The number of carboxylic acids is 1. The third-order valence-electron chi connectivity index (χ3n) is 3.37. The molecule has 2 N–H and O–H groups in total. The van der Waals surface area contributed by atoms with Crippen LogP contribution in [0.5, 0.6) is 5.75 Å². The van der Waals surface area contributed by atoms with Crippen molar-refractivity contribution in [2.45, 2.75) is 33.4 Å². The maximum Gasteiger partial charge on any atom is 0.326 e. The van der Waals surface area contributed by atoms with Gasteiger partial charge >= 0.3 is 5.97 Å². The first kappa shape index (κ1) is 17.9. The minimum Gasteiger partial charge on any atom is -0.487 e. The normalized spacial score (nSPS) is 12.0. The van der Waals surface area contributed by atoms with E-state index in [2.05, 4.69) is 10.3 Å². The lowest BCUT2D eigenvalue weighted by atomic mass is 10.0. The summed E-state index contributed by atoms with van der Waals surface area (Å²) in [5, 5.41) is 14.6. The molecule has 2 aromatic rings. The number of thiazole rings is 1. The zero-order valence-corrected chi connectivity index (χ0v) is 14.6. The molecule has 0 aliphatic heterocycles. The van der Waals surface area contributed by atoms with Gasteiger partial charge in [0.15, 0.2) is 0 Å². The van der Waals surface area contributed by atoms with Gasteiger partial charge < -0.3 is 15.2 Å².